The number of aromatic nitrogens is 2. The third-order valence-corrected chi connectivity index (χ3v) is 4.85. The molecule has 25 heavy (non-hydrogen) atoms. The van der Waals surface area contributed by atoms with Crippen LogP contribution in [-0.4, -0.2) is 39.9 Å². The van der Waals surface area contributed by atoms with Gasteiger partial charge in [0, 0.05) is 31.2 Å². The van der Waals surface area contributed by atoms with Crippen molar-refractivity contribution in [1.82, 2.24) is 20.2 Å². The lowest BCUT2D eigenvalue weighted by atomic mass is 10.0. The Hall–Kier alpha value is -2.66. The van der Waals surface area contributed by atoms with Gasteiger partial charge in [-0.25, -0.2) is 4.98 Å². The molecule has 0 spiro atoms. The molecule has 4 rings (SSSR count). The molecule has 2 heterocycles. The molecule has 3 aromatic rings. The Labute approximate surface area is 147 Å². The smallest absolute Gasteiger partial charge is 0.251 e. The highest BCUT2D eigenvalue weighted by molar-refractivity contribution is 5.97. The van der Waals surface area contributed by atoms with Crippen molar-refractivity contribution >= 4 is 16.9 Å². The van der Waals surface area contributed by atoms with Crippen LogP contribution in [0.3, 0.4) is 0 Å². The second-order valence-corrected chi connectivity index (χ2v) is 6.64. The molecule has 5 nitrogen and oxygen atoms in total. The Morgan fingerprint density at radius 1 is 1.16 bits per heavy atom. The number of amides is 1. The predicted octanol–water partition coefficient (Wildman–Crippen LogP) is 2.96. The number of nitrogens with one attached hydrogen (secondary N) is 2. The fraction of sp³-hybridized carbons (Fsp3) is 0.300. The number of carbonyl (C=O) groups is 1. The minimum absolute atomic E-state index is 0.00184. The van der Waals surface area contributed by atoms with Gasteiger partial charge in [-0.3, -0.25) is 9.69 Å². The Kier molecular flexibility index (Phi) is 4.48. The molecule has 0 radical (unpaired) electrons. The van der Waals surface area contributed by atoms with Gasteiger partial charge in [0.05, 0.1) is 17.4 Å². The number of benzene rings is 2. The van der Waals surface area contributed by atoms with Crippen molar-refractivity contribution in [3.63, 3.8) is 0 Å². The summed E-state index contributed by atoms with van der Waals surface area (Å²) in [6, 6.07) is 16.4. The number of hydrogen-bond acceptors (Lipinski definition) is 3. The van der Waals surface area contributed by atoms with E-state index in [1.54, 1.807) is 6.33 Å². The summed E-state index contributed by atoms with van der Waals surface area (Å²) in [6.45, 7) is 3.01. The van der Waals surface area contributed by atoms with Crippen LogP contribution in [0.4, 0.5) is 0 Å². The van der Waals surface area contributed by atoms with Crippen molar-refractivity contribution in [3.8, 4) is 0 Å². The average Bonchev–Trinajstić information content (AvgIpc) is 3.12. The van der Waals surface area contributed by atoms with Crippen molar-refractivity contribution in [3.05, 3.63) is 66.0 Å². The zero-order valence-corrected chi connectivity index (χ0v) is 14.1. The van der Waals surface area contributed by atoms with Crippen LogP contribution >= 0.6 is 0 Å². The first-order valence-corrected chi connectivity index (χ1v) is 8.78. The largest absolute Gasteiger partial charge is 0.349 e. The van der Waals surface area contributed by atoms with Crippen LogP contribution < -0.4 is 5.32 Å². The van der Waals surface area contributed by atoms with Crippen LogP contribution in [0.25, 0.3) is 11.0 Å². The van der Waals surface area contributed by atoms with Gasteiger partial charge in [-0.05, 0) is 36.6 Å². The van der Waals surface area contributed by atoms with Crippen molar-refractivity contribution < 1.29 is 4.79 Å². The van der Waals surface area contributed by atoms with E-state index in [4.69, 9.17) is 0 Å². The third-order valence-electron chi connectivity index (χ3n) is 4.85. The van der Waals surface area contributed by atoms with E-state index < -0.39 is 0 Å². The highest BCUT2D eigenvalue weighted by Gasteiger charge is 2.21. The molecule has 2 N–H and O–H groups in total. The molecule has 1 saturated heterocycles. The second kappa shape index (κ2) is 7.07. The maximum Gasteiger partial charge on any atom is 0.251 e. The standard InChI is InChI=1S/C20H22N4O/c25-20(16-6-7-18-19(12-16)22-14-21-18)23-17-8-10-24(11-9-17)13-15-4-2-1-3-5-15/h1-7,12,14,17H,8-11,13H2,(H,21,22)(H,23,25). The topological polar surface area (TPSA) is 61.0 Å². The number of piperidine rings is 1. The Bertz CT molecular complexity index is 850. The van der Waals surface area contributed by atoms with Crippen molar-refractivity contribution in [2.45, 2.75) is 25.4 Å². The first-order valence-electron chi connectivity index (χ1n) is 8.78. The van der Waals surface area contributed by atoms with Crippen LogP contribution in [0, 0.1) is 0 Å². The molecule has 1 fully saturated rings. The van der Waals surface area contributed by atoms with Gasteiger partial charge in [0.25, 0.3) is 5.91 Å². The van der Waals surface area contributed by atoms with Gasteiger partial charge in [0.1, 0.15) is 0 Å². The number of likely N-dealkylation sites (tertiary alicyclic amines) is 1. The number of hydrogen-bond donors (Lipinski definition) is 2. The highest BCUT2D eigenvalue weighted by atomic mass is 16.1. The summed E-state index contributed by atoms with van der Waals surface area (Å²) >= 11 is 0. The van der Waals surface area contributed by atoms with Gasteiger partial charge < -0.3 is 10.3 Å². The highest BCUT2D eigenvalue weighted by Crippen LogP contribution is 2.16. The number of aromatic amines is 1. The van der Waals surface area contributed by atoms with Gasteiger partial charge in [-0.1, -0.05) is 30.3 Å². The number of rotatable bonds is 4. The van der Waals surface area contributed by atoms with Gasteiger partial charge >= 0.3 is 0 Å². The van der Waals surface area contributed by atoms with E-state index >= 15 is 0 Å². The molecule has 1 aliphatic heterocycles. The molecule has 128 valence electrons. The number of imidazole rings is 1. The molecule has 5 heteroatoms. The van der Waals surface area contributed by atoms with E-state index in [-0.39, 0.29) is 11.9 Å². The summed E-state index contributed by atoms with van der Waals surface area (Å²) in [4.78, 5) is 22.2. The summed E-state index contributed by atoms with van der Waals surface area (Å²) in [7, 11) is 0. The monoisotopic (exact) mass is 334 g/mol. The van der Waals surface area contributed by atoms with Crippen molar-refractivity contribution in [2.24, 2.45) is 0 Å². The normalized spacial score (nSPS) is 16.2. The lowest BCUT2D eigenvalue weighted by molar-refractivity contribution is 0.0909. The van der Waals surface area contributed by atoms with Crippen LogP contribution in [-0.2, 0) is 6.54 Å². The number of fused-ring (bicyclic) bond motifs is 1. The molecular formula is C20H22N4O. The SMILES string of the molecule is O=C(NC1CCN(Cc2ccccc2)CC1)c1ccc2nc[nH]c2c1. The molecular weight excluding hydrogens is 312 g/mol. The predicted molar refractivity (Wildman–Crippen MR) is 98.3 cm³/mol. The van der Waals surface area contributed by atoms with Crippen molar-refractivity contribution in [1.29, 1.82) is 0 Å². The first-order chi connectivity index (χ1) is 12.3. The second-order valence-electron chi connectivity index (χ2n) is 6.64. The van der Waals surface area contributed by atoms with E-state index in [1.807, 2.05) is 24.3 Å². The number of carbonyl (C=O) groups excluding carboxylic acids is 1. The molecule has 0 saturated carbocycles. The zero-order chi connectivity index (χ0) is 17.1. The lowest BCUT2D eigenvalue weighted by Gasteiger charge is -2.32. The Balaban J connectivity index is 1.31. The van der Waals surface area contributed by atoms with Gasteiger partial charge in [0.2, 0.25) is 0 Å². The summed E-state index contributed by atoms with van der Waals surface area (Å²) in [6.07, 6.45) is 3.63. The average molecular weight is 334 g/mol. The van der Waals surface area contributed by atoms with Crippen LogP contribution in [0.2, 0.25) is 0 Å². The molecule has 0 atom stereocenters. The maximum absolute atomic E-state index is 12.5. The summed E-state index contributed by atoms with van der Waals surface area (Å²) < 4.78 is 0. The molecule has 0 unspecified atom stereocenters. The molecule has 2 aromatic carbocycles. The van der Waals surface area contributed by atoms with E-state index in [2.05, 4.69) is 44.5 Å². The Morgan fingerprint density at radius 3 is 2.76 bits per heavy atom. The Morgan fingerprint density at radius 2 is 1.96 bits per heavy atom. The zero-order valence-electron chi connectivity index (χ0n) is 14.1. The molecule has 1 amide bonds. The van der Waals surface area contributed by atoms with Gasteiger partial charge in [-0.2, -0.15) is 0 Å². The van der Waals surface area contributed by atoms with E-state index in [0.717, 1.165) is 43.5 Å². The summed E-state index contributed by atoms with van der Waals surface area (Å²) in [5, 5.41) is 3.18. The molecule has 0 aliphatic carbocycles. The van der Waals surface area contributed by atoms with Crippen LogP contribution in [0.5, 0.6) is 0 Å². The van der Waals surface area contributed by atoms with E-state index in [0.29, 0.717) is 5.56 Å². The minimum Gasteiger partial charge on any atom is -0.349 e. The maximum atomic E-state index is 12.5. The van der Waals surface area contributed by atoms with Crippen molar-refractivity contribution in [2.75, 3.05) is 13.1 Å². The fourth-order valence-corrected chi connectivity index (χ4v) is 3.42. The molecule has 0 bridgehead atoms. The first kappa shape index (κ1) is 15.8. The summed E-state index contributed by atoms with van der Waals surface area (Å²) in [5.74, 6) is -0.00184. The quantitative estimate of drug-likeness (QED) is 0.771. The van der Waals surface area contributed by atoms with Crippen LogP contribution in [0.15, 0.2) is 54.9 Å². The van der Waals surface area contributed by atoms with E-state index in [9.17, 15) is 4.79 Å². The third kappa shape index (κ3) is 3.72. The minimum atomic E-state index is -0.00184. The number of H-pyrrole nitrogens is 1. The molecule has 1 aliphatic rings. The van der Waals surface area contributed by atoms with Gasteiger partial charge in [-0.15, -0.1) is 0 Å². The fourth-order valence-electron chi connectivity index (χ4n) is 3.42. The van der Waals surface area contributed by atoms with Gasteiger partial charge in [0.15, 0.2) is 0 Å². The lowest BCUT2D eigenvalue weighted by Crippen LogP contribution is -2.44. The molecule has 1 aromatic heterocycles. The summed E-state index contributed by atoms with van der Waals surface area (Å²) in [5.41, 5.74) is 3.80. The van der Waals surface area contributed by atoms with E-state index in [1.165, 1.54) is 5.56 Å². The van der Waals surface area contributed by atoms with Crippen LogP contribution in [0.1, 0.15) is 28.8 Å². The number of nitrogens with zero attached hydrogens (tertiary/aromatic N) is 2.